The van der Waals surface area contributed by atoms with Crippen LogP contribution in [0.2, 0.25) is 0 Å². The van der Waals surface area contributed by atoms with E-state index in [0.717, 1.165) is 24.8 Å². The normalized spacial score (nSPS) is 10.5. The second-order valence-corrected chi connectivity index (χ2v) is 8.11. The number of hydrazine groups is 1. The van der Waals surface area contributed by atoms with Gasteiger partial charge < -0.3 is 20.1 Å². The number of amides is 3. The van der Waals surface area contributed by atoms with Crippen LogP contribution in [0, 0.1) is 6.92 Å². The number of nitrogens with one attached hydrogen (secondary N) is 3. The third-order valence-corrected chi connectivity index (χ3v) is 4.83. The van der Waals surface area contributed by atoms with Crippen LogP contribution < -0.4 is 25.5 Å². The van der Waals surface area contributed by atoms with Crippen LogP contribution in [0.25, 0.3) is 0 Å². The van der Waals surface area contributed by atoms with Crippen LogP contribution in [0.1, 0.15) is 48.5 Å². The molecule has 34 heavy (non-hydrogen) atoms. The average Bonchev–Trinajstić information content (AvgIpc) is 2.77. The number of hydrogen-bond acceptors (Lipinski definition) is 6. The molecule has 0 spiro atoms. The van der Waals surface area contributed by atoms with Crippen LogP contribution >= 0.6 is 0 Å². The van der Waals surface area contributed by atoms with E-state index in [2.05, 4.69) is 16.1 Å². The Hall–Kier alpha value is -3.59. The van der Waals surface area contributed by atoms with E-state index in [1.165, 1.54) is 14.0 Å². The summed E-state index contributed by atoms with van der Waals surface area (Å²) in [5.41, 5.74) is 4.82. The molecule has 0 radical (unpaired) electrons. The lowest BCUT2D eigenvalue weighted by atomic mass is 10.1. The number of nitrogens with zero attached hydrogens (tertiary/aromatic N) is 1. The van der Waals surface area contributed by atoms with Gasteiger partial charge in [0.25, 0.3) is 5.91 Å². The van der Waals surface area contributed by atoms with Gasteiger partial charge in [-0.1, -0.05) is 12.1 Å². The third kappa shape index (κ3) is 8.40. The summed E-state index contributed by atoms with van der Waals surface area (Å²) >= 11 is 0. The van der Waals surface area contributed by atoms with Gasteiger partial charge in [0.05, 0.1) is 30.7 Å². The van der Waals surface area contributed by atoms with E-state index in [1.807, 2.05) is 19.1 Å². The van der Waals surface area contributed by atoms with Crippen molar-refractivity contribution in [2.45, 2.75) is 39.5 Å². The van der Waals surface area contributed by atoms with Gasteiger partial charge in [-0.3, -0.25) is 19.8 Å². The molecule has 0 unspecified atom stereocenters. The highest BCUT2D eigenvalue weighted by molar-refractivity contribution is 6.11. The molecule has 2 aromatic rings. The number of hydrogen-bond donors (Lipinski definition) is 3. The van der Waals surface area contributed by atoms with Gasteiger partial charge in [0.1, 0.15) is 11.5 Å². The van der Waals surface area contributed by atoms with Gasteiger partial charge in [-0.25, -0.2) is 5.01 Å². The molecule has 3 N–H and O–H groups in total. The first-order chi connectivity index (χ1) is 16.2. The number of anilines is 2. The highest BCUT2D eigenvalue weighted by atomic mass is 16.5. The fraction of sp³-hybridized carbons (Fsp3) is 0.400. The number of unbranched alkanes of at least 4 members (excludes halogenated alkanes) is 2. The molecule has 0 aliphatic carbocycles. The van der Waals surface area contributed by atoms with Crippen LogP contribution in [0.5, 0.6) is 11.5 Å². The molecule has 0 saturated carbocycles. The Morgan fingerprint density at radius 2 is 1.74 bits per heavy atom. The molecule has 0 bridgehead atoms. The second kappa shape index (κ2) is 13.2. The van der Waals surface area contributed by atoms with Crippen LogP contribution in [-0.2, 0) is 9.59 Å². The summed E-state index contributed by atoms with van der Waals surface area (Å²) < 4.78 is 11.2. The van der Waals surface area contributed by atoms with Crippen molar-refractivity contribution in [1.29, 1.82) is 0 Å². The maximum Gasteiger partial charge on any atom is 0.258 e. The topological polar surface area (TPSA) is 109 Å². The molecule has 0 fully saturated rings. The quantitative estimate of drug-likeness (QED) is 0.322. The van der Waals surface area contributed by atoms with Gasteiger partial charge in [-0.15, -0.1) is 0 Å². The summed E-state index contributed by atoms with van der Waals surface area (Å²) in [5.74, 6) is 0.233. The fourth-order valence-corrected chi connectivity index (χ4v) is 3.29. The van der Waals surface area contributed by atoms with E-state index in [1.54, 1.807) is 43.4 Å². The standard InChI is InChI=1S/C25H34N4O5/c1-17-13-14-20(22(16-17)34-15-8-6-7-12-23(31)28-29(3)4)27-25(32)19-10-9-11-21(33-5)24(19)26-18(2)30/h9-11,13-14,16H,6-8,12,15H2,1-5H3,(H,26,30)(H,27,32)(H,28,31). The Bertz CT molecular complexity index is 1010. The lowest BCUT2D eigenvalue weighted by Gasteiger charge is -2.16. The highest BCUT2D eigenvalue weighted by Gasteiger charge is 2.18. The van der Waals surface area contributed by atoms with Crippen LogP contribution in [0.3, 0.4) is 0 Å². The zero-order valence-electron chi connectivity index (χ0n) is 20.5. The molecule has 3 amide bonds. The molecular weight excluding hydrogens is 436 g/mol. The van der Waals surface area contributed by atoms with Gasteiger partial charge in [0.2, 0.25) is 11.8 Å². The predicted molar refractivity (Wildman–Crippen MR) is 132 cm³/mol. The van der Waals surface area contributed by atoms with Gasteiger partial charge in [0, 0.05) is 27.4 Å². The van der Waals surface area contributed by atoms with Crippen LogP contribution in [0.15, 0.2) is 36.4 Å². The van der Waals surface area contributed by atoms with E-state index < -0.39 is 5.91 Å². The van der Waals surface area contributed by atoms with Crippen molar-refractivity contribution in [3.05, 3.63) is 47.5 Å². The summed E-state index contributed by atoms with van der Waals surface area (Å²) in [6, 6.07) is 10.5. The molecule has 2 aromatic carbocycles. The van der Waals surface area contributed by atoms with Crippen molar-refractivity contribution in [3.63, 3.8) is 0 Å². The minimum absolute atomic E-state index is 0.00854. The predicted octanol–water partition coefficient (Wildman–Crippen LogP) is 3.75. The van der Waals surface area contributed by atoms with Crippen molar-refractivity contribution in [1.82, 2.24) is 10.4 Å². The molecule has 9 nitrogen and oxygen atoms in total. The zero-order chi connectivity index (χ0) is 25.1. The molecule has 0 aromatic heterocycles. The van der Waals surface area contributed by atoms with Crippen molar-refractivity contribution in [2.75, 3.05) is 38.4 Å². The van der Waals surface area contributed by atoms with E-state index in [-0.39, 0.29) is 17.4 Å². The molecule has 0 aliphatic heterocycles. The Balaban J connectivity index is 2.02. The number of rotatable bonds is 12. The maximum atomic E-state index is 13.1. The summed E-state index contributed by atoms with van der Waals surface area (Å²) in [6.45, 7) is 3.77. The SMILES string of the molecule is COc1cccc(C(=O)Nc2ccc(C)cc2OCCCCCC(=O)NN(C)C)c1NC(C)=O. The van der Waals surface area contributed by atoms with Crippen molar-refractivity contribution >= 4 is 29.1 Å². The molecular formula is C25H34N4O5. The fourth-order valence-electron chi connectivity index (χ4n) is 3.29. The number of aryl methyl sites for hydroxylation is 1. The molecule has 0 heterocycles. The zero-order valence-corrected chi connectivity index (χ0v) is 20.5. The Kier molecular flexibility index (Phi) is 10.3. The van der Waals surface area contributed by atoms with Gasteiger partial charge >= 0.3 is 0 Å². The molecule has 2 rings (SSSR count). The molecule has 184 valence electrons. The summed E-state index contributed by atoms with van der Waals surface area (Å²) in [7, 11) is 5.03. The van der Waals surface area contributed by atoms with Crippen molar-refractivity contribution in [3.8, 4) is 11.5 Å². The smallest absolute Gasteiger partial charge is 0.258 e. The minimum Gasteiger partial charge on any atom is -0.495 e. The Morgan fingerprint density at radius 3 is 2.41 bits per heavy atom. The van der Waals surface area contributed by atoms with Gasteiger partial charge in [0.15, 0.2) is 0 Å². The minimum atomic E-state index is -0.400. The molecule has 0 aliphatic rings. The number of ether oxygens (including phenoxy) is 2. The first kappa shape index (κ1) is 26.7. The van der Waals surface area contributed by atoms with E-state index in [9.17, 15) is 14.4 Å². The first-order valence-corrected chi connectivity index (χ1v) is 11.2. The van der Waals surface area contributed by atoms with Crippen molar-refractivity contribution in [2.24, 2.45) is 0 Å². The number of para-hydroxylation sites is 1. The highest BCUT2D eigenvalue weighted by Crippen LogP contribution is 2.31. The third-order valence-electron chi connectivity index (χ3n) is 4.83. The van der Waals surface area contributed by atoms with E-state index >= 15 is 0 Å². The summed E-state index contributed by atoms with van der Waals surface area (Å²) in [4.78, 5) is 36.4. The van der Waals surface area contributed by atoms with Crippen molar-refractivity contribution < 1.29 is 23.9 Å². The van der Waals surface area contributed by atoms with Crippen LogP contribution in [0.4, 0.5) is 11.4 Å². The largest absolute Gasteiger partial charge is 0.495 e. The number of benzene rings is 2. The van der Waals surface area contributed by atoms with Gasteiger partial charge in [-0.05, 0) is 56.0 Å². The van der Waals surface area contributed by atoms with E-state index in [0.29, 0.717) is 35.9 Å². The molecule has 9 heteroatoms. The lowest BCUT2D eigenvalue weighted by molar-refractivity contribution is -0.125. The lowest BCUT2D eigenvalue weighted by Crippen LogP contribution is -2.35. The number of carbonyl (C=O) groups is 3. The van der Waals surface area contributed by atoms with Gasteiger partial charge in [-0.2, -0.15) is 0 Å². The van der Waals surface area contributed by atoms with E-state index in [4.69, 9.17) is 9.47 Å². The summed E-state index contributed by atoms with van der Waals surface area (Å²) in [5, 5.41) is 7.17. The molecule has 0 saturated heterocycles. The first-order valence-electron chi connectivity index (χ1n) is 11.2. The monoisotopic (exact) mass is 470 g/mol. The Morgan fingerprint density at radius 1 is 0.971 bits per heavy atom. The Labute approximate surface area is 200 Å². The average molecular weight is 471 g/mol. The maximum absolute atomic E-state index is 13.1. The summed E-state index contributed by atoms with van der Waals surface area (Å²) in [6.07, 6.45) is 2.85. The number of carbonyl (C=O) groups excluding carboxylic acids is 3. The van der Waals surface area contributed by atoms with Crippen LogP contribution in [-0.4, -0.2) is 50.5 Å². The number of methoxy groups -OCH3 is 1. The molecule has 0 atom stereocenters. The second-order valence-electron chi connectivity index (χ2n) is 8.11.